The van der Waals surface area contributed by atoms with Crippen LogP contribution in [-0.4, -0.2) is 75.8 Å². The number of aryl methyl sites for hydroxylation is 6. The molecule has 8 aliphatic rings. The van der Waals surface area contributed by atoms with E-state index in [0.29, 0.717) is 37.3 Å². The van der Waals surface area contributed by atoms with Gasteiger partial charge in [-0.3, -0.25) is 0 Å². The number of carbonyl (C=O) groups excluding carboxylic acids is 1. The van der Waals surface area contributed by atoms with Crippen LogP contribution in [-0.2, 0) is 62.6 Å². The van der Waals surface area contributed by atoms with Gasteiger partial charge in [0.2, 0.25) is 0 Å². The fourth-order valence-corrected chi connectivity index (χ4v) is 29.5. The average Bonchev–Trinajstić information content (AvgIpc) is 0.767. The zero-order chi connectivity index (χ0) is 94.1. The minimum Gasteiger partial charge on any atom is -0.493 e. The summed E-state index contributed by atoms with van der Waals surface area (Å²) in [7, 11) is -0.984. The lowest BCUT2D eigenvalue weighted by atomic mass is 9.55. The van der Waals surface area contributed by atoms with Gasteiger partial charge in [-0.25, -0.2) is 13.6 Å². The van der Waals surface area contributed by atoms with E-state index >= 15 is 0 Å². The normalized spacial score (nSPS) is 19.8. The highest BCUT2D eigenvalue weighted by atomic mass is 32.2. The van der Waals surface area contributed by atoms with Gasteiger partial charge in [-0.1, -0.05) is 146 Å². The number of alkyl halides is 10. The standard InChI is InChI=1S/C31H35O2S.C29H31O2S.C27H26F7OS.C25H24F3O3S/c1-21-13-29(34(27-9-5-3-6-10-27)28-11-7-4-8-12-28)14-22(2)30(21)32-20-33-31-25-16-23-15-24(18-25)19-26(31)17-23;1-3-7-26(8-4-1)32(27-9-5-2-6-10-27)28-13-11-25(12-14-28)30-20-31-29-23-16-21-15-22(18-23)19-24(29)17-21;1-19-16-23(36(21-10-5-3-6-11-21)22-12-7-4-8-13-22)17-20(2)24(19)35-15-9-14-25(28,29)18-26(30,31)27(32,33)34;1-18-15-22(32(20-9-5-3-6-10-20)21-11-7-4-8-12-21)16-19(2)24(18)31-17-23(29)30-14-13-25(26,27)28/h3-14,23-26,31H,15-20H2,1-2H3;1-14,21-24,29H,15-20H2;3-8,10-13,16-17H,9,14-15,18H2,1-2H3;3-12,15-16H,13-14,17H2,1-2H3/q4*+1. The molecule has 0 heterocycles. The molecule has 0 N–H and O–H groups in total. The van der Waals surface area contributed by atoms with Crippen molar-refractivity contribution < 1.29 is 81.9 Å². The Labute approximate surface area is 793 Å². The highest BCUT2D eigenvalue weighted by Crippen LogP contribution is 2.57. The highest BCUT2D eigenvalue weighted by Gasteiger charge is 2.61. The van der Waals surface area contributed by atoms with E-state index in [4.69, 9.17) is 28.4 Å². The van der Waals surface area contributed by atoms with Crippen LogP contribution in [0.15, 0.2) is 362 Å². The molecule has 8 fully saturated rings. The summed E-state index contributed by atoms with van der Waals surface area (Å²) in [6.45, 7) is 11.1. The van der Waals surface area contributed by atoms with E-state index < -0.39 is 73.5 Å². The fourth-order valence-electron chi connectivity index (χ4n) is 20.6. The number of carbonyl (C=O) groups is 1. The molecule has 0 unspecified atom stereocenters. The van der Waals surface area contributed by atoms with Crippen LogP contribution < -0.4 is 18.9 Å². The van der Waals surface area contributed by atoms with E-state index in [1.54, 1.807) is 0 Å². The minimum atomic E-state index is -6.01. The Balaban J connectivity index is 0.000000136. The third-order valence-electron chi connectivity index (χ3n) is 25.9. The molecule has 8 aliphatic carbocycles. The van der Waals surface area contributed by atoms with Gasteiger partial charge < -0.3 is 33.2 Å². The van der Waals surface area contributed by atoms with Crippen molar-refractivity contribution in [3.05, 3.63) is 337 Å². The van der Waals surface area contributed by atoms with Crippen LogP contribution in [0.1, 0.15) is 123 Å². The topological polar surface area (TPSA) is 81.7 Å². The third kappa shape index (κ3) is 25.8. The lowest BCUT2D eigenvalue weighted by molar-refractivity contribution is -0.301. The summed E-state index contributed by atoms with van der Waals surface area (Å²) >= 11 is 0. The first-order chi connectivity index (χ1) is 64.5. The SMILES string of the molecule is Cc1cc([S+](c2ccccc2)c2ccccc2)cc(C)c1OCC(=O)OCCC(F)(F)F.Cc1cc([S+](c2ccccc2)c2ccccc2)cc(C)c1OCCCC(F)(F)CC(F)(F)C(F)(F)F.Cc1cc([S+](c2ccccc2)c2ccccc2)cc(C)c1OCOC1C2CC3CC(C2)CC1C3.c1ccc([S+](c2ccccc2)c2ccc(OCOC3C4CC5CC(C4)CC3C5)cc2)cc1. The predicted molar refractivity (Wildman–Crippen MR) is 512 cm³/mol. The molecule has 0 aromatic heterocycles. The molecule has 0 spiro atoms. The number of ether oxygens (including phenoxy) is 7. The predicted octanol–water partition coefficient (Wildman–Crippen LogP) is 29.6. The second kappa shape index (κ2) is 45.3. The number of hydrogen-bond donors (Lipinski definition) is 0. The van der Waals surface area contributed by atoms with Gasteiger partial charge in [0, 0.05) is 42.8 Å². The Kier molecular flexibility index (Phi) is 33.3. The Morgan fingerprint density at radius 2 is 0.575 bits per heavy atom. The number of benzene rings is 12. The van der Waals surface area contributed by atoms with Crippen molar-refractivity contribution in [3.8, 4) is 23.0 Å². The molecular formula is C112H116F10O8S4+4. The van der Waals surface area contributed by atoms with Gasteiger partial charge in [-0.05, 0) is 314 Å². The monoisotopic (exact) mass is 1910 g/mol. The smallest absolute Gasteiger partial charge is 0.453 e. The van der Waals surface area contributed by atoms with Crippen molar-refractivity contribution >= 4 is 49.5 Å². The summed E-state index contributed by atoms with van der Waals surface area (Å²) in [4.78, 5) is 26.5. The van der Waals surface area contributed by atoms with Crippen molar-refractivity contribution in [1.29, 1.82) is 0 Å². The molecule has 8 bridgehead atoms. The number of rotatable bonds is 32. The Bertz CT molecular complexity index is 5450. The van der Waals surface area contributed by atoms with E-state index in [9.17, 15) is 48.7 Å². The van der Waals surface area contributed by atoms with E-state index in [1.165, 1.54) is 114 Å². The van der Waals surface area contributed by atoms with Crippen molar-refractivity contribution in [1.82, 2.24) is 0 Å². The molecule has 702 valence electrons. The van der Waals surface area contributed by atoms with Crippen LogP contribution in [0.25, 0.3) is 0 Å². The quantitative estimate of drug-likeness (QED) is 0.0136. The Morgan fingerprint density at radius 1 is 0.306 bits per heavy atom. The van der Waals surface area contributed by atoms with E-state index in [0.717, 1.165) is 101 Å². The van der Waals surface area contributed by atoms with Crippen LogP contribution in [0.2, 0.25) is 0 Å². The minimum absolute atomic E-state index is 0.122. The maximum Gasteiger partial charge on any atom is 0.453 e. The lowest BCUT2D eigenvalue weighted by Gasteiger charge is -2.53. The summed E-state index contributed by atoms with van der Waals surface area (Å²) in [6, 6.07) is 105. The molecule has 0 aliphatic heterocycles. The summed E-state index contributed by atoms with van der Waals surface area (Å²) < 4.78 is 168. The van der Waals surface area contributed by atoms with Crippen LogP contribution in [0.4, 0.5) is 43.9 Å². The van der Waals surface area contributed by atoms with Gasteiger partial charge >= 0.3 is 24.2 Å². The molecule has 8 nitrogen and oxygen atoms in total. The van der Waals surface area contributed by atoms with Gasteiger partial charge in [-0.2, -0.15) is 35.1 Å². The molecule has 8 saturated carbocycles. The molecule has 0 radical (unpaired) electrons. The molecule has 12 aromatic carbocycles. The van der Waals surface area contributed by atoms with Gasteiger partial charge in [0.05, 0.1) is 75.2 Å². The van der Waals surface area contributed by atoms with Crippen molar-refractivity contribution in [2.75, 3.05) is 33.4 Å². The second-order valence-electron chi connectivity index (χ2n) is 36.1. The van der Waals surface area contributed by atoms with Crippen molar-refractivity contribution in [2.24, 2.45) is 47.3 Å². The molecule has 0 saturated heterocycles. The van der Waals surface area contributed by atoms with Crippen LogP contribution in [0.5, 0.6) is 23.0 Å². The zero-order valence-electron chi connectivity index (χ0n) is 76.3. The zero-order valence-corrected chi connectivity index (χ0v) is 79.5. The molecule has 134 heavy (non-hydrogen) atoms. The van der Waals surface area contributed by atoms with E-state index in [2.05, 4.69) is 201 Å². The number of esters is 1. The summed E-state index contributed by atoms with van der Waals surface area (Å²) in [6.07, 6.45) is -0.786. The van der Waals surface area contributed by atoms with Crippen LogP contribution >= 0.6 is 0 Å². The van der Waals surface area contributed by atoms with Crippen molar-refractivity contribution in [2.45, 2.75) is 227 Å². The first-order valence-electron chi connectivity index (χ1n) is 46.1. The largest absolute Gasteiger partial charge is 0.493 e. The second-order valence-corrected chi connectivity index (χ2v) is 44.2. The Morgan fingerprint density at radius 3 is 0.866 bits per heavy atom. The van der Waals surface area contributed by atoms with Gasteiger partial charge in [0.25, 0.3) is 5.92 Å². The number of hydrogen-bond acceptors (Lipinski definition) is 8. The van der Waals surface area contributed by atoms with Crippen LogP contribution in [0.3, 0.4) is 0 Å². The lowest BCUT2D eigenvalue weighted by Crippen LogP contribution is -2.49. The molecule has 12 aromatic rings. The fraction of sp³-hybridized carbons (Fsp3) is 0.348. The van der Waals surface area contributed by atoms with Crippen molar-refractivity contribution in [3.63, 3.8) is 0 Å². The van der Waals surface area contributed by atoms with Gasteiger partial charge in [0.15, 0.2) is 78.9 Å². The first kappa shape index (κ1) is 98.4. The highest BCUT2D eigenvalue weighted by molar-refractivity contribution is 7.98. The summed E-state index contributed by atoms with van der Waals surface area (Å²) in [5, 5.41) is 0. The molecule has 0 amide bonds. The van der Waals surface area contributed by atoms with E-state index in [1.807, 2.05) is 149 Å². The maximum absolute atomic E-state index is 13.8. The molecule has 0 atom stereocenters. The van der Waals surface area contributed by atoms with Gasteiger partial charge in [-0.15, -0.1) is 0 Å². The average molecular weight is 1910 g/mol. The molecule has 22 heteroatoms. The third-order valence-corrected chi connectivity index (χ3v) is 34.8. The maximum atomic E-state index is 13.8. The number of halogens is 10. The van der Waals surface area contributed by atoms with E-state index in [-0.39, 0.29) is 45.7 Å². The molecule has 20 rings (SSSR count). The summed E-state index contributed by atoms with van der Waals surface area (Å²) in [5.74, 6) is -0.568. The summed E-state index contributed by atoms with van der Waals surface area (Å²) in [5.41, 5.74) is 5.59. The Hall–Kier alpha value is -10.1. The van der Waals surface area contributed by atoms with Gasteiger partial charge in [0.1, 0.15) is 29.6 Å². The first-order valence-corrected chi connectivity index (χ1v) is 51.0. The van der Waals surface area contributed by atoms with Crippen LogP contribution in [0, 0.1) is 88.9 Å². The molecular weight excluding hydrogens is 1790 g/mol.